The molecule has 0 saturated carbocycles. The fourth-order valence-corrected chi connectivity index (χ4v) is 3.03. The number of hydrogen-bond acceptors (Lipinski definition) is 1. The second-order valence-corrected chi connectivity index (χ2v) is 5.04. The Morgan fingerprint density at radius 1 is 1.24 bits per heavy atom. The monoisotopic (exact) mass is 248 g/mol. The van der Waals surface area contributed by atoms with E-state index in [1.165, 1.54) is 29.3 Å². The third-order valence-corrected chi connectivity index (χ3v) is 4.16. The fraction of sp³-hybridized carbons (Fsp3) is 0.429. The van der Waals surface area contributed by atoms with Gasteiger partial charge in [0.1, 0.15) is 0 Å². The van der Waals surface area contributed by atoms with Crippen LogP contribution in [-0.4, -0.2) is 29.0 Å². The molecule has 0 unspecified atom stereocenters. The number of fused-ring (bicyclic) bond motifs is 1. The van der Waals surface area contributed by atoms with Crippen molar-refractivity contribution in [2.24, 2.45) is 0 Å². The lowest BCUT2D eigenvalue weighted by molar-refractivity contribution is 0.244. The van der Waals surface area contributed by atoms with Crippen LogP contribution in [0.15, 0.2) is 30.5 Å². The average molecular weight is 249 g/mol. The van der Waals surface area contributed by atoms with Gasteiger partial charge in [0, 0.05) is 17.1 Å². The molecule has 1 aromatic heterocycles. The molecule has 0 aliphatic carbocycles. The van der Waals surface area contributed by atoms with Gasteiger partial charge in [-0.3, -0.25) is 4.90 Å². The van der Waals surface area contributed by atoms with Crippen molar-refractivity contribution in [3.8, 4) is 0 Å². The number of alkyl halides is 1. The van der Waals surface area contributed by atoms with E-state index in [2.05, 4.69) is 40.3 Å². The van der Waals surface area contributed by atoms with E-state index in [1.54, 1.807) is 0 Å². The van der Waals surface area contributed by atoms with Gasteiger partial charge in [-0.05, 0) is 43.5 Å². The van der Waals surface area contributed by atoms with Crippen molar-refractivity contribution in [3.05, 3.63) is 36.0 Å². The lowest BCUT2D eigenvalue weighted by atomic mass is 9.89. The molecule has 1 N–H and O–H groups in total. The maximum Gasteiger partial charge on any atom is 0.0738 e. The lowest BCUT2D eigenvalue weighted by Gasteiger charge is -2.30. The molecule has 1 aromatic carbocycles. The molecular formula is C14H17ClN2. The zero-order chi connectivity index (χ0) is 11.7. The second-order valence-electron chi connectivity index (χ2n) is 4.80. The summed E-state index contributed by atoms with van der Waals surface area (Å²) in [5, 5.41) is 1.39. The minimum atomic E-state index is 0.667. The van der Waals surface area contributed by atoms with Crippen LogP contribution < -0.4 is 0 Å². The summed E-state index contributed by atoms with van der Waals surface area (Å²) in [7, 11) is 0. The summed E-state index contributed by atoms with van der Waals surface area (Å²) in [6, 6.07) is 9.23. The van der Waals surface area contributed by atoms with E-state index in [4.69, 9.17) is 11.6 Å². The number of nitrogens with zero attached hydrogens (tertiary/aromatic N) is 1. The summed E-state index contributed by atoms with van der Waals surface area (Å²) >= 11 is 5.87. The molecule has 2 aromatic rings. The summed E-state index contributed by atoms with van der Waals surface area (Å²) in [5.41, 5.74) is 2.73. The van der Waals surface area contributed by atoms with Crippen LogP contribution in [0.3, 0.4) is 0 Å². The van der Waals surface area contributed by atoms with E-state index in [9.17, 15) is 0 Å². The highest BCUT2D eigenvalue weighted by Crippen LogP contribution is 2.32. The van der Waals surface area contributed by atoms with E-state index >= 15 is 0 Å². The van der Waals surface area contributed by atoms with Crippen LogP contribution in [0.5, 0.6) is 0 Å². The van der Waals surface area contributed by atoms with Crippen molar-refractivity contribution in [2.45, 2.75) is 18.8 Å². The molecule has 0 atom stereocenters. The molecule has 0 bridgehead atoms. The summed E-state index contributed by atoms with van der Waals surface area (Å²) in [4.78, 5) is 5.68. The normalized spacial score (nSPS) is 18.9. The van der Waals surface area contributed by atoms with E-state index in [0.717, 1.165) is 13.1 Å². The minimum absolute atomic E-state index is 0.667. The predicted molar refractivity (Wildman–Crippen MR) is 72.6 cm³/mol. The predicted octanol–water partition coefficient (Wildman–Crippen LogP) is 3.54. The third-order valence-electron chi connectivity index (χ3n) is 3.82. The first-order valence-corrected chi connectivity index (χ1v) is 6.76. The molecule has 1 aliphatic rings. The van der Waals surface area contributed by atoms with E-state index in [1.807, 2.05) is 0 Å². The molecule has 2 heterocycles. The van der Waals surface area contributed by atoms with E-state index in [-0.39, 0.29) is 0 Å². The number of nitrogens with one attached hydrogen (secondary N) is 1. The van der Waals surface area contributed by atoms with Crippen LogP contribution in [-0.2, 0) is 0 Å². The third kappa shape index (κ3) is 2.07. The Labute approximate surface area is 107 Å². The van der Waals surface area contributed by atoms with Crippen molar-refractivity contribution in [2.75, 3.05) is 19.1 Å². The zero-order valence-electron chi connectivity index (χ0n) is 9.82. The highest BCUT2D eigenvalue weighted by atomic mass is 35.5. The van der Waals surface area contributed by atoms with Crippen LogP contribution in [0.4, 0.5) is 0 Å². The number of benzene rings is 1. The van der Waals surface area contributed by atoms with Crippen molar-refractivity contribution in [3.63, 3.8) is 0 Å². The number of rotatable bonds is 2. The first-order chi connectivity index (χ1) is 8.38. The summed E-state index contributed by atoms with van der Waals surface area (Å²) in [6.45, 7) is 2.24. The standard InChI is InChI=1S/C14H17ClN2/c15-10-17-7-5-11(6-8-17)13-9-16-14-4-2-1-3-12(13)14/h1-4,9,11,16H,5-8,10H2. The number of para-hydroxylation sites is 1. The summed E-state index contributed by atoms with van der Waals surface area (Å²) < 4.78 is 0. The topological polar surface area (TPSA) is 19.0 Å². The lowest BCUT2D eigenvalue weighted by Crippen LogP contribution is -2.31. The molecule has 1 saturated heterocycles. The van der Waals surface area contributed by atoms with Gasteiger partial charge >= 0.3 is 0 Å². The van der Waals surface area contributed by atoms with Gasteiger partial charge in [-0.25, -0.2) is 0 Å². The number of aromatic amines is 1. The Kier molecular flexibility index (Phi) is 3.08. The van der Waals surface area contributed by atoms with Crippen molar-refractivity contribution in [1.82, 2.24) is 9.88 Å². The molecule has 3 heteroatoms. The maximum absolute atomic E-state index is 5.87. The molecule has 90 valence electrons. The first kappa shape index (κ1) is 11.1. The van der Waals surface area contributed by atoms with Crippen LogP contribution in [0.2, 0.25) is 0 Å². The molecule has 0 radical (unpaired) electrons. The number of piperidine rings is 1. The molecule has 1 fully saturated rings. The minimum Gasteiger partial charge on any atom is -0.361 e. The van der Waals surface area contributed by atoms with Gasteiger partial charge in [0.05, 0.1) is 6.00 Å². The smallest absolute Gasteiger partial charge is 0.0738 e. The Morgan fingerprint density at radius 2 is 2.00 bits per heavy atom. The van der Waals surface area contributed by atoms with Crippen LogP contribution in [0, 0.1) is 0 Å². The number of likely N-dealkylation sites (tertiary alicyclic amines) is 1. The second kappa shape index (κ2) is 4.71. The van der Waals surface area contributed by atoms with Crippen LogP contribution in [0.1, 0.15) is 24.3 Å². The quantitative estimate of drug-likeness (QED) is 0.636. The van der Waals surface area contributed by atoms with Crippen molar-refractivity contribution < 1.29 is 0 Å². The number of H-pyrrole nitrogens is 1. The Hall–Kier alpha value is -0.990. The number of halogens is 1. The van der Waals surface area contributed by atoms with Crippen LogP contribution >= 0.6 is 11.6 Å². The van der Waals surface area contributed by atoms with Crippen molar-refractivity contribution >= 4 is 22.5 Å². The Bertz CT molecular complexity index is 498. The van der Waals surface area contributed by atoms with E-state index < -0.39 is 0 Å². The Balaban J connectivity index is 1.85. The number of hydrogen-bond donors (Lipinski definition) is 1. The molecule has 2 nitrogen and oxygen atoms in total. The van der Waals surface area contributed by atoms with Gasteiger partial charge in [-0.2, -0.15) is 0 Å². The zero-order valence-corrected chi connectivity index (χ0v) is 10.6. The number of aromatic nitrogens is 1. The average Bonchev–Trinajstić information content (AvgIpc) is 2.83. The van der Waals surface area contributed by atoms with Gasteiger partial charge in [0.25, 0.3) is 0 Å². The molecule has 3 rings (SSSR count). The van der Waals surface area contributed by atoms with Gasteiger partial charge in [-0.1, -0.05) is 18.2 Å². The summed E-state index contributed by atoms with van der Waals surface area (Å²) in [5.74, 6) is 0.686. The van der Waals surface area contributed by atoms with Crippen molar-refractivity contribution in [1.29, 1.82) is 0 Å². The molecular weight excluding hydrogens is 232 g/mol. The molecule has 0 spiro atoms. The molecule has 1 aliphatic heterocycles. The van der Waals surface area contributed by atoms with Gasteiger partial charge in [0.2, 0.25) is 0 Å². The van der Waals surface area contributed by atoms with Gasteiger partial charge in [0.15, 0.2) is 0 Å². The Morgan fingerprint density at radius 3 is 2.76 bits per heavy atom. The largest absolute Gasteiger partial charge is 0.361 e. The highest BCUT2D eigenvalue weighted by Gasteiger charge is 2.21. The highest BCUT2D eigenvalue weighted by molar-refractivity contribution is 6.17. The molecule has 0 amide bonds. The van der Waals surface area contributed by atoms with E-state index in [0.29, 0.717) is 11.9 Å². The van der Waals surface area contributed by atoms with Gasteiger partial charge < -0.3 is 4.98 Å². The summed E-state index contributed by atoms with van der Waals surface area (Å²) in [6.07, 6.45) is 4.62. The fourth-order valence-electron chi connectivity index (χ4n) is 2.80. The SMILES string of the molecule is ClCN1CCC(c2c[nH]c3ccccc23)CC1. The van der Waals surface area contributed by atoms with Gasteiger partial charge in [-0.15, -0.1) is 11.6 Å². The van der Waals surface area contributed by atoms with Crippen LogP contribution in [0.25, 0.3) is 10.9 Å². The maximum atomic E-state index is 5.87. The first-order valence-electron chi connectivity index (χ1n) is 6.23. The molecule has 17 heavy (non-hydrogen) atoms.